The Morgan fingerprint density at radius 1 is 1.15 bits per heavy atom. The lowest BCUT2D eigenvalue weighted by molar-refractivity contribution is 0.0939. The maximum atomic E-state index is 12.5. The number of hydrogen-bond acceptors (Lipinski definition) is 4. The minimum Gasteiger partial charge on any atom is -0.346 e. The largest absolute Gasteiger partial charge is 0.346 e. The number of nitrogens with zero attached hydrogens (tertiary/aromatic N) is 2. The van der Waals surface area contributed by atoms with E-state index in [9.17, 15) is 13.2 Å². The molecule has 0 spiro atoms. The monoisotopic (exact) mass is 384 g/mol. The standard InChI is InChI=1S/C19H20N4O3S/c1-14(15-6-8-17(9-7-15)23-11-10-21-13-23)22-19(24)16-4-3-5-18(12-16)27(25,26)20-2/h3-14,20H,1-2H3,(H,22,24)/t14-/m1/s1. The summed E-state index contributed by atoms with van der Waals surface area (Å²) in [5.41, 5.74) is 2.19. The number of rotatable bonds is 6. The van der Waals surface area contributed by atoms with Crippen LogP contribution in [-0.2, 0) is 10.0 Å². The third-order valence-electron chi connectivity index (χ3n) is 4.22. The van der Waals surface area contributed by atoms with E-state index in [1.165, 1.54) is 19.2 Å². The summed E-state index contributed by atoms with van der Waals surface area (Å²) >= 11 is 0. The molecule has 0 aliphatic heterocycles. The molecule has 1 atom stereocenters. The zero-order valence-corrected chi connectivity index (χ0v) is 15.8. The van der Waals surface area contributed by atoms with Gasteiger partial charge in [-0.15, -0.1) is 0 Å². The number of imidazole rings is 1. The summed E-state index contributed by atoms with van der Waals surface area (Å²) in [5.74, 6) is -0.339. The number of sulfonamides is 1. The molecule has 140 valence electrons. The highest BCUT2D eigenvalue weighted by Crippen LogP contribution is 2.17. The molecule has 1 amide bonds. The van der Waals surface area contributed by atoms with Crippen molar-refractivity contribution >= 4 is 15.9 Å². The van der Waals surface area contributed by atoms with Crippen LogP contribution in [0.5, 0.6) is 0 Å². The van der Waals surface area contributed by atoms with E-state index >= 15 is 0 Å². The van der Waals surface area contributed by atoms with Crippen LogP contribution in [0.1, 0.15) is 28.9 Å². The van der Waals surface area contributed by atoms with Crippen LogP contribution in [0.3, 0.4) is 0 Å². The lowest BCUT2D eigenvalue weighted by Gasteiger charge is -2.15. The number of hydrogen-bond donors (Lipinski definition) is 2. The van der Waals surface area contributed by atoms with Crippen LogP contribution in [0, 0.1) is 0 Å². The molecule has 0 bridgehead atoms. The van der Waals surface area contributed by atoms with Crippen molar-refractivity contribution in [2.24, 2.45) is 0 Å². The van der Waals surface area contributed by atoms with E-state index in [1.54, 1.807) is 24.7 Å². The van der Waals surface area contributed by atoms with Crippen LogP contribution in [0.15, 0.2) is 72.1 Å². The summed E-state index contributed by atoms with van der Waals surface area (Å²) in [6.07, 6.45) is 5.28. The molecule has 0 unspecified atom stereocenters. The van der Waals surface area contributed by atoms with Crippen LogP contribution in [0.2, 0.25) is 0 Å². The number of carbonyl (C=O) groups excluding carboxylic acids is 1. The maximum Gasteiger partial charge on any atom is 0.251 e. The molecule has 2 aromatic carbocycles. The Kier molecular flexibility index (Phi) is 5.38. The Labute approximate surface area is 158 Å². The van der Waals surface area contributed by atoms with E-state index < -0.39 is 10.0 Å². The summed E-state index contributed by atoms with van der Waals surface area (Å²) in [6, 6.07) is 13.4. The summed E-state index contributed by atoms with van der Waals surface area (Å²) in [7, 11) is -2.27. The topological polar surface area (TPSA) is 93.1 Å². The highest BCUT2D eigenvalue weighted by Gasteiger charge is 2.16. The summed E-state index contributed by atoms with van der Waals surface area (Å²) in [5, 5.41) is 2.89. The number of nitrogens with one attached hydrogen (secondary N) is 2. The molecular weight excluding hydrogens is 364 g/mol. The average molecular weight is 384 g/mol. The number of aromatic nitrogens is 2. The first-order valence-corrected chi connectivity index (χ1v) is 9.82. The molecule has 1 heterocycles. The molecule has 3 rings (SSSR count). The van der Waals surface area contributed by atoms with Crippen molar-refractivity contribution in [2.75, 3.05) is 7.05 Å². The van der Waals surface area contributed by atoms with E-state index in [-0.39, 0.29) is 22.4 Å². The van der Waals surface area contributed by atoms with Crippen molar-refractivity contribution in [2.45, 2.75) is 17.9 Å². The summed E-state index contributed by atoms with van der Waals surface area (Å²) in [6.45, 7) is 1.87. The molecule has 0 aliphatic carbocycles. The van der Waals surface area contributed by atoms with Gasteiger partial charge in [0.05, 0.1) is 17.3 Å². The molecule has 0 fully saturated rings. The average Bonchev–Trinajstić information content (AvgIpc) is 3.23. The molecule has 27 heavy (non-hydrogen) atoms. The van der Waals surface area contributed by atoms with Crippen molar-refractivity contribution in [3.63, 3.8) is 0 Å². The smallest absolute Gasteiger partial charge is 0.251 e. The van der Waals surface area contributed by atoms with Crippen molar-refractivity contribution in [1.29, 1.82) is 0 Å². The zero-order chi connectivity index (χ0) is 19.4. The molecular formula is C19H20N4O3S. The fourth-order valence-electron chi connectivity index (χ4n) is 2.63. The lowest BCUT2D eigenvalue weighted by Crippen LogP contribution is -2.27. The van der Waals surface area contributed by atoms with Gasteiger partial charge < -0.3 is 9.88 Å². The third kappa shape index (κ3) is 4.24. The number of benzene rings is 2. The van der Waals surface area contributed by atoms with Crippen LogP contribution < -0.4 is 10.0 Å². The zero-order valence-electron chi connectivity index (χ0n) is 15.0. The minimum absolute atomic E-state index is 0.0509. The van der Waals surface area contributed by atoms with Crippen LogP contribution in [-0.4, -0.2) is 30.9 Å². The van der Waals surface area contributed by atoms with Gasteiger partial charge >= 0.3 is 0 Å². The fourth-order valence-corrected chi connectivity index (χ4v) is 3.41. The lowest BCUT2D eigenvalue weighted by atomic mass is 10.1. The van der Waals surface area contributed by atoms with Crippen LogP contribution in [0.25, 0.3) is 5.69 Å². The molecule has 8 heteroatoms. The van der Waals surface area contributed by atoms with Gasteiger partial charge in [0, 0.05) is 23.6 Å². The van der Waals surface area contributed by atoms with Gasteiger partial charge in [0.25, 0.3) is 5.91 Å². The Bertz CT molecular complexity index is 1030. The molecule has 2 N–H and O–H groups in total. The van der Waals surface area contributed by atoms with Gasteiger partial charge in [0.2, 0.25) is 10.0 Å². The second kappa shape index (κ2) is 7.73. The molecule has 7 nitrogen and oxygen atoms in total. The normalized spacial score (nSPS) is 12.5. The Morgan fingerprint density at radius 2 is 1.89 bits per heavy atom. The molecule has 0 saturated carbocycles. The second-order valence-corrected chi connectivity index (χ2v) is 7.88. The van der Waals surface area contributed by atoms with Gasteiger partial charge in [-0.1, -0.05) is 18.2 Å². The number of carbonyl (C=O) groups is 1. The van der Waals surface area contributed by atoms with Gasteiger partial charge in [-0.2, -0.15) is 0 Å². The van der Waals surface area contributed by atoms with Gasteiger partial charge in [-0.05, 0) is 49.9 Å². The predicted octanol–water partition coefficient (Wildman–Crippen LogP) is 2.27. The van der Waals surface area contributed by atoms with Gasteiger partial charge in [0.15, 0.2) is 0 Å². The Hall–Kier alpha value is -2.97. The summed E-state index contributed by atoms with van der Waals surface area (Å²) in [4.78, 5) is 16.6. The first kappa shape index (κ1) is 18.8. The molecule has 0 saturated heterocycles. The fraction of sp³-hybridized carbons (Fsp3) is 0.158. The summed E-state index contributed by atoms with van der Waals surface area (Å²) < 4.78 is 27.9. The van der Waals surface area contributed by atoms with Gasteiger partial charge in [-0.3, -0.25) is 4.79 Å². The van der Waals surface area contributed by atoms with E-state index in [1.807, 2.05) is 42.0 Å². The van der Waals surface area contributed by atoms with E-state index in [0.29, 0.717) is 0 Å². The maximum absolute atomic E-state index is 12.5. The SMILES string of the molecule is CNS(=O)(=O)c1cccc(C(=O)N[C@H](C)c2ccc(-n3ccnc3)cc2)c1. The molecule has 3 aromatic rings. The first-order chi connectivity index (χ1) is 12.9. The van der Waals surface area contributed by atoms with Crippen LogP contribution in [0.4, 0.5) is 0 Å². The van der Waals surface area contributed by atoms with Gasteiger partial charge in [-0.25, -0.2) is 18.1 Å². The Morgan fingerprint density at radius 3 is 2.52 bits per heavy atom. The van der Waals surface area contributed by atoms with E-state index in [0.717, 1.165) is 11.3 Å². The highest BCUT2D eigenvalue weighted by atomic mass is 32.2. The molecule has 0 radical (unpaired) electrons. The van der Waals surface area contributed by atoms with Crippen LogP contribution >= 0.6 is 0 Å². The van der Waals surface area contributed by atoms with Crippen molar-refractivity contribution in [1.82, 2.24) is 19.6 Å². The van der Waals surface area contributed by atoms with Gasteiger partial charge in [0.1, 0.15) is 0 Å². The highest BCUT2D eigenvalue weighted by molar-refractivity contribution is 7.89. The molecule has 1 aromatic heterocycles. The van der Waals surface area contributed by atoms with Crippen molar-refractivity contribution in [3.05, 3.63) is 78.4 Å². The van der Waals surface area contributed by atoms with Crippen molar-refractivity contribution in [3.8, 4) is 5.69 Å². The predicted molar refractivity (Wildman–Crippen MR) is 102 cm³/mol. The number of amides is 1. The first-order valence-electron chi connectivity index (χ1n) is 8.33. The van der Waals surface area contributed by atoms with E-state index in [4.69, 9.17) is 0 Å². The Balaban J connectivity index is 1.73. The second-order valence-electron chi connectivity index (χ2n) is 5.99. The minimum atomic E-state index is -3.60. The van der Waals surface area contributed by atoms with Crippen molar-refractivity contribution < 1.29 is 13.2 Å². The quantitative estimate of drug-likeness (QED) is 0.682. The van der Waals surface area contributed by atoms with E-state index in [2.05, 4.69) is 15.0 Å². The molecule has 0 aliphatic rings. The third-order valence-corrected chi connectivity index (χ3v) is 5.63.